The summed E-state index contributed by atoms with van der Waals surface area (Å²) in [6.07, 6.45) is 5.81. The van der Waals surface area contributed by atoms with E-state index in [4.69, 9.17) is 11.6 Å². The van der Waals surface area contributed by atoms with Crippen LogP contribution in [-0.4, -0.2) is 22.6 Å². The lowest BCUT2D eigenvalue weighted by molar-refractivity contribution is 0.485. The van der Waals surface area contributed by atoms with Crippen LogP contribution in [0.5, 0.6) is 0 Å². The molecule has 0 bridgehead atoms. The van der Waals surface area contributed by atoms with Gasteiger partial charge in [0, 0.05) is 35.4 Å². The molecule has 1 heterocycles. The fraction of sp³-hybridized carbons (Fsp3) is 0.400. The second-order valence-electron chi connectivity index (χ2n) is 4.80. The fourth-order valence-electron chi connectivity index (χ4n) is 2.18. The van der Waals surface area contributed by atoms with Crippen molar-refractivity contribution in [1.29, 1.82) is 0 Å². The molecule has 0 amide bonds. The molecule has 3 nitrogen and oxygen atoms in total. The van der Waals surface area contributed by atoms with E-state index in [0.717, 1.165) is 25.2 Å². The third kappa shape index (κ3) is 4.05. The smallest absolute Gasteiger partial charge is 0.127 e. The minimum Gasteiger partial charge on any atom is -0.349 e. The topological polar surface area (TPSA) is 40.7 Å². The molecule has 0 fully saturated rings. The molecule has 108 valence electrons. The number of aromatic amines is 1. The molecule has 1 unspecified atom stereocenters. The second kappa shape index (κ2) is 7.41. The number of nitrogens with zero attached hydrogens (tertiary/aromatic N) is 1. The Morgan fingerprint density at radius 1 is 1.40 bits per heavy atom. The summed E-state index contributed by atoms with van der Waals surface area (Å²) in [7, 11) is 0. The minimum atomic E-state index is -0.250. The summed E-state index contributed by atoms with van der Waals surface area (Å²) in [6.45, 7) is 2.99. The van der Waals surface area contributed by atoms with Gasteiger partial charge in [-0.05, 0) is 31.5 Å². The second-order valence-corrected chi connectivity index (χ2v) is 5.20. The number of halogens is 2. The van der Waals surface area contributed by atoms with E-state index in [1.807, 2.05) is 0 Å². The van der Waals surface area contributed by atoms with Gasteiger partial charge >= 0.3 is 0 Å². The first-order chi connectivity index (χ1) is 9.70. The van der Waals surface area contributed by atoms with Crippen LogP contribution in [0.3, 0.4) is 0 Å². The third-order valence-electron chi connectivity index (χ3n) is 3.19. The first-order valence-corrected chi connectivity index (χ1v) is 7.23. The number of hydrogen-bond acceptors (Lipinski definition) is 2. The average molecular weight is 296 g/mol. The highest BCUT2D eigenvalue weighted by molar-refractivity contribution is 6.31. The molecule has 1 aromatic heterocycles. The van der Waals surface area contributed by atoms with Crippen molar-refractivity contribution in [2.75, 3.05) is 6.54 Å². The lowest BCUT2D eigenvalue weighted by Crippen LogP contribution is -2.34. The van der Waals surface area contributed by atoms with Crippen LogP contribution in [0.1, 0.15) is 24.7 Å². The van der Waals surface area contributed by atoms with Crippen molar-refractivity contribution in [3.8, 4) is 0 Å². The third-order valence-corrected chi connectivity index (χ3v) is 3.54. The van der Waals surface area contributed by atoms with Crippen LogP contribution in [0.15, 0.2) is 30.6 Å². The van der Waals surface area contributed by atoms with Gasteiger partial charge in [0.05, 0.1) is 0 Å². The molecule has 0 aliphatic carbocycles. The number of nitrogens with one attached hydrogen (secondary N) is 2. The normalized spacial score (nSPS) is 12.6. The molecule has 0 saturated heterocycles. The van der Waals surface area contributed by atoms with Crippen LogP contribution in [0, 0.1) is 5.82 Å². The molecule has 0 radical (unpaired) electrons. The van der Waals surface area contributed by atoms with Gasteiger partial charge in [0.1, 0.15) is 11.6 Å². The van der Waals surface area contributed by atoms with Crippen molar-refractivity contribution in [3.63, 3.8) is 0 Å². The van der Waals surface area contributed by atoms with Crippen molar-refractivity contribution in [3.05, 3.63) is 52.8 Å². The summed E-state index contributed by atoms with van der Waals surface area (Å²) < 4.78 is 13.9. The van der Waals surface area contributed by atoms with E-state index in [2.05, 4.69) is 22.2 Å². The number of hydrogen-bond donors (Lipinski definition) is 2. The molecule has 20 heavy (non-hydrogen) atoms. The van der Waals surface area contributed by atoms with E-state index in [1.165, 1.54) is 6.07 Å². The Hall–Kier alpha value is -1.39. The number of benzene rings is 1. The standard InChI is InChI=1S/C15H19ClFN3/c1-2-6-18-11(10-15-19-7-8-20-15)9-12-13(16)4-3-5-14(12)17/h3-5,7-8,11,18H,2,6,9-10H2,1H3,(H,19,20). The summed E-state index contributed by atoms with van der Waals surface area (Å²) in [4.78, 5) is 7.31. The molecular weight excluding hydrogens is 277 g/mol. The maximum absolute atomic E-state index is 13.9. The van der Waals surface area contributed by atoms with Crippen molar-refractivity contribution in [1.82, 2.24) is 15.3 Å². The van der Waals surface area contributed by atoms with Gasteiger partial charge in [-0.3, -0.25) is 0 Å². The quantitative estimate of drug-likeness (QED) is 0.822. The van der Waals surface area contributed by atoms with Crippen LogP contribution in [0.4, 0.5) is 4.39 Å². The molecule has 0 aliphatic heterocycles. The zero-order valence-electron chi connectivity index (χ0n) is 11.5. The SMILES string of the molecule is CCCNC(Cc1ncc[nH]1)Cc1c(F)cccc1Cl. The Bertz CT molecular complexity index is 508. The van der Waals surface area contributed by atoms with Gasteiger partial charge in [0.15, 0.2) is 0 Å². The van der Waals surface area contributed by atoms with Gasteiger partial charge in [0.2, 0.25) is 0 Å². The van der Waals surface area contributed by atoms with E-state index in [1.54, 1.807) is 24.5 Å². The van der Waals surface area contributed by atoms with Crippen LogP contribution in [-0.2, 0) is 12.8 Å². The molecule has 1 atom stereocenters. The van der Waals surface area contributed by atoms with Crippen molar-refractivity contribution < 1.29 is 4.39 Å². The molecule has 1 aromatic carbocycles. The predicted molar refractivity (Wildman–Crippen MR) is 79.5 cm³/mol. The van der Waals surface area contributed by atoms with Gasteiger partial charge in [-0.1, -0.05) is 24.6 Å². The van der Waals surface area contributed by atoms with E-state index < -0.39 is 0 Å². The lowest BCUT2D eigenvalue weighted by Gasteiger charge is -2.18. The highest BCUT2D eigenvalue weighted by Crippen LogP contribution is 2.21. The first kappa shape index (κ1) is 15.0. The van der Waals surface area contributed by atoms with Crippen molar-refractivity contribution in [2.45, 2.75) is 32.2 Å². The highest BCUT2D eigenvalue weighted by atomic mass is 35.5. The monoisotopic (exact) mass is 295 g/mol. The van der Waals surface area contributed by atoms with E-state index >= 15 is 0 Å². The Morgan fingerprint density at radius 3 is 2.90 bits per heavy atom. The van der Waals surface area contributed by atoms with Gasteiger partial charge in [-0.25, -0.2) is 9.37 Å². The van der Waals surface area contributed by atoms with Crippen molar-refractivity contribution in [2.24, 2.45) is 0 Å². The summed E-state index contributed by atoms with van der Waals surface area (Å²) in [6, 6.07) is 4.91. The molecule has 2 N–H and O–H groups in total. The number of rotatable bonds is 7. The van der Waals surface area contributed by atoms with Gasteiger partial charge in [-0.2, -0.15) is 0 Å². The fourth-order valence-corrected chi connectivity index (χ4v) is 2.42. The van der Waals surface area contributed by atoms with Crippen molar-refractivity contribution >= 4 is 11.6 Å². The maximum atomic E-state index is 13.9. The largest absolute Gasteiger partial charge is 0.349 e. The molecule has 0 spiro atoms. The number of aromatic nitrogens is 2. The molecule has 2 aromatic rings. The summed E-state index contributed by atoms with van der Waals surface area (Å²) in [5, 5.41) is 3.90. The van der Waals surface area contributed by atoms with Crippen LogP contribution >= 0.6 is 11.6 Å². The van der Waals surface area contributed by atoms with Crippen LogP contribution in [0.2, 0.25) is 5.02 Å². The minimum absolute atomic E-state index is 0.107. The average Bonchev–Trinajstić information content (AvgIpc) is 2.93. The predicted octanol–water partition coefficient (Wildman–Crippen LogP) is 3.36. The lowest BCUT2D eigenvalue weighted by atomic mass is 10.0. The summed E-state index contributed by atoms with van der Waals surface area (Å²) in [5.74, 6) is 0.645. The Morgan fingerprint density at radius 2 is 2.25 bits per heavy atom. The van der Waals surface area contributed by atoms with E-state index in [9.17, 15) is 4.39 Å². The molecule has 0 saturated carbocycles. The summed E-state index contributed by atoms with van der Waals surface area (Å²) in [5.41, 5.74) is 0.564. The van der Waals surface area contributed by atoms with Crippen LogP contribution in [0.25, 0.3) is 0 Å². The number of imidazole rings is 1. The zero-order valence-corrected chi connectivity index (χ0v) is 12.3. The molecule has 5 heteroatoms. The Balaban J connectivity index is 2.10. The zero-order chi connectivity index (χ0) is 14.4. The van der Waals surface area contributed by atoms with E-state index in [-0.39, 0.29) is 11.9 Å². The Kier molecular flexibility index (Phi) is 5.56. The van der Waals surface area contributed by atoms with E-state index in [0.29, 0.717) is 17.0 Å². The maximum Gasteiger partial charge on any atom is 0.127 e. The highest BCUT2D eigenvalue weighted by Gasteiger charge is 2.16. The molecule has 0 aliphatic rings. The first-order valence-electron chi connectivity index (χ1n) is 6.85. The van der Waals surface area contributed by atoms with Gasteiger partial charge < -0.3 is 10.3 Å². The molecular formula is C15H19ClFN3. The van der Waals surface area contributed by atoms with Gasteiger partial charge in [-0.15, -0.1) is 0 Å². The Labute approximate surface area is 123 Å². The van der Waals surface area contributed by atoms with Crippen LogP contribution < -0.4 is 5.32 Å². The number of H-pyrrole nitrogens is 1. The van der Waals surface area contributed by atoms with Gasteiger partial charge in [0.25, 0.3) is 0 Å². The molecule has 2 rings (SSSR count). The summed E-state index contributed by atoms with van der Waals surface area (Å²) >= 11 is 6.10.